The molecule has 0 radical (unpaired) electrons. The molecule has 0 saturated heterocycles. The molecule has 0 aliphatic heterocycles. The van der Waals surface area contributed by atoms with Crippen molar-refractivity contribution < 1.29 is 25.5 Å². The van der Waals surface area contributed by atoms with E-state index in [0.29, 0.717) is 12.2 Å². The van der Waals surface area contributed by atoms with Gasteiger partial charge in [0.15, 0.2) is 0 Å². The number of quaternary nitrogens is 1. The van der Waals surface area contributed by atoms with Crippen molar-refractivity contribution in [3.8, 4) is 0 Å². The molecule has 0 fully saturated rings. The number of carbonyl (C=O) groups is 2. The lowest BCUT2D eigenvalue weighted by Crippen LogP contribution is -2.68. The van der Waals surface area contributed by atoms with Gasteiger partial charge in [-0.3, -0.25) is 0 Å². The summed E-state index contributed by atoms with van der Waals surface area (Å²) in [5, 5.41) is 20.4. The zero-order chi connectivity index (χ0) is 10.4. The number of carbonyl (C=O) groups excluding carboxylic acids is 2. The van der Waals surface area contributed by atoms with Gasteiger partial charge >= 0.3 is 0 Å². The third-order valence-corrected chi connectivity index (χ3v) is 3.17. The lowest BCUT2D eigenvalue weighted by atomic mass is 10.2. The van der Waals surface area contributed by atoms with Crippen molar-refractivity contribution in [3.63, 3.8) is 0 Å². The SMILES string of the molecule is C[S+](CC[C@H]([NH3+])C(=O)[O-])CC(=O)[O-]. The Bertz CT molecular complexity index is 197. The van der Waals surface area contributed by atoms with Crippen molar-refractivity contribution in [1.82, 2.24) is 0 Å². The van der Waals surface area contributed by atoms with Crippen LogP contribution in [0.3, 0.4) is 0 Å². The van der Waals surface area contributed by atoms with Gasteiger partial charge in [0, 0.05) is 6.42 Å². The fourth-order valence-corrected chi connectivity index (χ4v) is 1.97. The summed E-state index contributed by atoms with van der Waals surface area (Å²) in [6, 6.07) is -0.753. The minimum absolute atomic E-state index is 0.0141. The highest BCUT2D eigenvalue weighted by molar-refractivity contribution is 7.96. The second-order valence-electron chi connectivity index (χ2n) is 2.81. The van der Waals surface area contributed by atoms with E-state index in [1.165, 1.54) is 0 Å². The van der Waals surface area contributed by atoms with E-state index in [0.717, 1.165) is 0 Å². The molecule has 1 unspecified atom stereocenters. The largest absolute Gasteiger partial charge is 0.545 e. The van der Waals surface area contributed by atoms with Crippen LogP contribution in [0.2, 0.25) is 0 Å². The molecule has 6 heteroatoms. The standard InChI is InChI=1S/C7H13NO4S/c1-13(4-6(9)10)3-2-5(8)7(11)12/h5H,2-4,8H2,1H3,(H-,9,10,11,12)/t5-,13?/m0/s1. The van der Waals surface area contributed by atoms with E-state index < -0.39 is 18.0 Å². The number of hydrogen-bond acceptors (Lipinski definition) is 4. The summed E-state index contributed by atoms with van der Waals surface area (Å²) in [6.45, 7) is 0. The van der Waals surface area contributed by atoms with Crippen LogP contribution < -0.4 is 15.9 Å². The molecule has 0 aliphatic carbocycles. The fraction of sp³-hybridized carbons (Fsp3) is 0.714. The van der Waals surface area contributed by atoms with Gasteiger partial charge in [0.05, 0.1) is 18.2 Å². The molecule has 0 rings (SSSR count). The first kappa shape index (κ1) is 12.2. The Hall–Kier alpha value is -0.750. The molecule has 0 aromatic rings. The van der Waals surface area contributed by atoms with Crippen LogP contribution in [0, 0.1) is 0 Å². The van der Waals surface area contributed by atoms with E-state index in [2.05, 4.69) is 5.73 Å². The lowest BCUT2D eigenvalue weighted by molar-refractivity contribution is -0.437. The topological polar surface area (TPSA) is 108 Å². The van der Waals surface area contributed by atoms with Crippen LogP contribution in [0.15, 0.2) is 0 Å². The Labute approximate surface area is 79.3 Å². The van der Waals surface area contributed by atoms with E-state index in [1.807, 2.05) is 0 Å². The van der Waals surface area contributed by atoms with Crippen molar-refractivity contribution in [3.05, 3.63) is 0 Å². The zero-order valence-corrected chi connectivity index (χ0v) is 8.26. The molecule has 3 N–H and O–H groups in total. The summed E-state index contributed by atoms with van der Waals surface area (Å²) < 4.78 is 0. The molecule has 76 valence electrons. The Kier molecular flexibility index (Phi) is 5.48. The third kappa shape index (κ3) is 6.41. The predicted octanol–water partition coefficient (Wildman–Crippen LogP) is -4.27. The quantitative estimate of drug-likeness (QED) is 0.445. The summed E-state index contributed by atoms with van der Waals surface area (Å²) in [4.78, 5) is 20.4. The highest BCUT2D eigenvalue weighted by Gasteiger charge is 2.16. The number of carboxylic acid groups (broad SMARTS) is 2. The van der Waals surface area contributed by atoms with Gasteiger partial charge in [0.1, 0.15) is 17.5 Å². The van der Waals surface area contributed by atoms with Crippen molar-refractivity contribution in [2.24, 2.45) is 0 Å². The molecule has 0 spiro atoms. The van der Waals surface area contributed by atoms with Gasteiger partial charge in [-0.05, 0) is 10.9 Å². The third-order valence-electron chi connectivity index (χ3n) is 1.51. The van der Waals surface area contributed by atoms with Crippen LogP contribution in [0.4, 0.5) is 0 Å². The van der Waals surface area contributed by atoms with Crippen molar-refractivity contribution >= 4 is 22.8 Å². The van der Waals surface area contributed by atoms with E-state index >= 15 is 0 Å². The summed E-state index contributed by atoms with van der Waals surface area (Å²) in [5.74, 6) is -1.76. The molecule has 0 saturated carbocycles. The van der Waals surface area contributed by atoms with Crippen LogP contribution in [-0.4, -0.2) is 35.7 Å². The molecule has 2 atom stereocenters. The molecule has 0 aromatic heterocycles. The molecule has 0 aromatic carbocycles. The molecule has 0 amide bonds. The maximum absolute atomic E-state index is 10.2. The monoisotopic (exact) mass is 207 g/mol. The number of aliphatic carboxylic acids is 2. The Morgan fingerprint density at radius 2 is 2.00 bits per heavy atom. The van der Waals surface area contributed by atoms with Crippen LogP contribution in [0.1, 0.15) is 6.42 Å². The van der Waals surface area contributed by atoms with Gasteiger partial charge in [-0.15, -0.1) is 0 Å². The van der Waals surface area contributed by atoms with Crippen LogP contribution in [-0.2, 0) is 20.5 Å². The normalized spacial score (nSPS) is 14.9. The highest BCUT2D eigenvalue weighted by Crippen LogP contribution is 1.95. The molecule has 5 nitrogen and oxygen atoms in total. The average Bonchev–Trinajstić information content (AvgIpc) is 1.98. The summed E-state index contributed by atoms with van der Waals surface area (Å²) in [5.41, 5.74) is 3.37. The van der Waals surface area contributed by atoms with Gasteiger partial charge in [0.25, 0.3) is 0 Å². The van der Waals surface area contributed by atoms with Gasteiger partial charge in [0.2, 0.25) is 0 Å². The lowest BCUT2D eigenvalue weighted by Gasteiger charge is -2.09. The van der Waals surface area contributed by atoms with Crippen LogP contribution in [0.25, 0.3) is 0 Å². The summed E-state index contributed by atoms with van der Waals surface area (Å²) in [7, 11) is -0.330. The average molecular weight is 207 g/mol. The van der Waals surface area contributed by atoms with Crippen molar-refractivity contribution in [2.45, 2.75) is 12.5 Å². The zero-order valence-electron chi connectivity index (χ0n) is 7.45. The molecule has 0 heterocycles. The van der Waals surface area contributed by atoms with Gasteiger partial charge in [-0.2, -0.15) is 0 Å². The van der Waals surface area contributed by atoms with Crippen LogP contribution >= 0.6 is 0 Å². The van der Waals surface area contributed by atoms with E-state index in [9.17, 15) is 19.8 Å². The van der Waals surface area contributed by atoms with Gasteiger partial charge < -0.3 is 25.5 Å². The molecular formula is C7H13NO4S. The van der Waals surface area contributed by atoms with Crippen molar-refractivity contribution in [2.75, 3.05) is 17.8 Å². The maximum atomic E-state index is 10.2. The number of hydrogen-bond donors (Lipinski definition) is 1. The number of rotatable bonds is 6. The Morgan fingerprint density at radius 3 is 2.38 bits per heavy atom. The smallest absolute Gasteiger partial charge is 0.147 e. The number of carboxylic acids is 2. The first-order valence-corrected chi connectivity index (χ1v) is 5.73. The van der Waals surface area contributed by atoms with Gasteiger partial charge in [-0.25, -0.2) is 0 Å². The molecule has 0 bridgehead atoms. The molecule has 0 aliphatic rings. The first-order chi connectivity index (χ1) is 5.93. The predicted molar refractivity (Wildman–Crippen MR) is 44.3 cm³/mol. The molecule has 13 heavy (non-hydrogen) atoms. The minimum Gasteiger partial charge on any atom is -0.545 e. The minimum atomic E-state index is -1.19. The van der Waals surface area contributed by atoms with Crippen molar-refractivity contribution in [1.29, 1.82) is 0 Å². The summed E-state index contributed by atoms with van der Waals surface area (Å²) >= 11 is 0. The van der Waals surface area contributed by atoms with E-state index in [1.54, 1.807) is 6.26 Å². The second-order valence-corrected chi connectivity index (χ2v) is 5.07. The molecular weight excluding hydrogens is 194 g/mol. The van der Waals surface area contributed by atoms with E-state index in [-0.39, 0.29) is 16.6 Å². The van der Waals surface area contributed by atoms with Gasteiger partial charge in [-0.1, -0.05) is 0 Å². The summed E-state index contributed by atoms with van der Waals surface area (Å²) in [6.07, 6.45) is 2.12. The van der Waals surface area contributed by atoms with Crippen LogP contribution in [0.5, 0.6) is 0 Å². The van der Waals surface area contributed by atoms with E-state index in [4.69, 9.17) is 0 Å². The fourth-order valence-electron chi connectivity index (χ4n) is 0.735. The Balaban J connectivity index is 3.63. The second kappa shape index (κ2) is 5.82. The Morgan fingerprint density at radius 1 is 1.46 bits per heavy atom. The first-order valence-electron chi connectivity index (χ1n) is 3.76. The maximum Gasteiger partial charge on any atom is 0.147 e. The highest BCUT2D eigenvalue weighted by atomic mass is 32.2.